The van der Waals surface area contributed by atoms with E-state index < -0.39 is 0 Å². The predicted molar refractivity (Wildman–Crippen MR) is 115 cm³/mol. The number of amides is 1. The highest BCUT2D eigenvalue weighted by molar-refractivity contribution is 6.30. The number of guanidine groups is 1. The van der Waals surface area contributed by atoms with E-state index in [-0.39, 0.29) is 12.7 Å². The zero-order chi connectivity index (χ0) is 20.9. The predicted octanol–water partition coefficient (Wildman–Crippen LogP) is 4.17. The van der Waals surface area contributed by atoms with Gasteiger partial charge in [0, 0.05) is 28.7 Å². The summed E-state index contributed by atoms with van der Waals surface area (Å²) in [5, 5.41) is 6.66. The largest absolute Gasteiger partial charge is 0.454 e. The van der Waals surface area contributed by atoms with Crippen molar-refractivity contribution in [3.63, 3.8) is 0 Å². The van der Waals surface area contributed by atoms with Crippen LogP contribution < -0.4 is 20.1 Å². The third kappa shape index (κ3) is 4.69. The van der Waals surface area contributed by atoms with E-state index in [9.17, 15) is 4.79 Å². The van der Waals surface area contributed by atoms with E-state index in [1.54, 1.807) is 36.7 Å². The number of pyridine rings is 1. The normalized spacial score (nSPS) is 12.5. The first kappa shape index (κ1) is 19.7. The molecule has 1 aliphatic heterocycles. The maximum atomic E-state index is 12.8. The Hall–Kier alpha value is -3.58. The number of halogens is 1. The van der Waals surface area contributed by atoms with Crippen LogP contribution in [0, 0.1) is 6.92 Å². The summed E-state index contributed by atoms with van der Waals surface area (Å²) in [6.45, 7) is 2.45. The molecule has 0 fully saturated rings. The molecule has 4 rings (SSSR count). The molecular weight excluding hydrogens is 404 g/mol. The van der Waals surface area contributed by atoms with Crippen molar-refractivity contribution in [3.05, 3.63) is 82.6 Å². The standard InChI is InChI=1S/C22H19ClN4O3/c1-14-10-17(23)3-4-18(14)26-22(25-12-15-6-8-24-9-7-15)27-21(28)16-2-5-19-20(11-16)30-13-29-19/h2-11H,12-13H2,1H3,(H2,25,26,27,28). The Kier molecular flexibility index (Phi) is 5.81. The molecule has 1 aromatic heterocycles. The van der Waals surface area contributed by atoms with Crippen molar-refractivity contribution in [2.24, 2.45) is 4.99 Å². The molecule has 1 aliphatic rings. The summed E-state index contributed by atoms with van der Waals surface area (Å²) in [5.41, 5.74) is 3.12. The first-order chi connectivity index (χ1) is 14.6. The van der Waals surface area contributed by atoms with Crippen LogP contribution in [-0.4, -0.2) is 23.6 Å². The summed E-state index contributed by atoms with van der Waals surface area (Å²) < 4.78 is 10.7. The minimum Gasteiger partial charge on any atom is -0.454 e. The van der Waals surface area contributed by atoms with E-state index in [2.05, 4.69) is 20.6 Å². The second kappa shape index (κ2) is 8.84. The highest BCUT2D eigenvalue weighted by atomic mass is 35.5. The fourth-order valence-corrected chi connectivity index (χ4v) is 3.11. The summed E-state index contributed by atoms with van der Waals surface area (Å²) in [6.07, 6.45) is 3.40. The summed E-state index contributed by atoms with van der Waals surface area (Å²) >= 11 is 6.05. The number of nitrogens with one attached hydrogen (secondary N) is 2. The van der Waals surface area contributed by atoms with Crippen LogP contribution in [0.15, 0.2) is 65.9 Å². The number of aryl methyl sites for hydroxylation is 1. The van der Waals surface area contributed by atoms with Gasteiger partial charge in [0.25, 0.3) is 5.91 Å². The second-order valence-electron chi connectivity index (χ2n) is 6.63. The van der Waals surface area contributed by atoms with E-state index >= 15 is 0 Å². The van der Waals surface area contributed by atoms with Gasteiger partial charge in [0.2, 0.25) is 12.8 Å². The Morgan fingerprint density at radius 3 is 2.70 bits per heavy atom. The summed E-state index contributed by atoms with van der Waals surface area (Å²) in [6, 6.07) is 14.2. The minimum absolute atomic E-state index is 0.149. The number of carbonyl (C=O) groups excluding carboxylic acids is 1. The molecule has 0 aliphatic carbocycles. The number of carbonyl (C=O) groups is 1. The number of benzene rings is 2. The second-order valence-corrected chi connectivity index (χ2v) is 7.06. The lowest BCUT2D eigenvalue weighted by Gasteiger charge is -2.14. The van der Waals surface area contributed by atoms with E-state index in [4.69, 9.17) is 21.1 Å². The average molecular weight is 423 g/mol. The zero-order valence-corrected chi connectivity index (χ0v) is 16.9. The molecule has 2 N–H and O–H groups in total. The molecule has 1 amide bonds. The lowest BCUT2D eigenvalue weighted by atomic mass is 10.2. The van der Waals surface area contributed by atoms with Crippen LogP contribution in [0.5, 0.6) is 11.5 Å². The molecule has 0 unspecified atom stereocenters. The molecule has 2 heterocycles. The molecule has 0 saturated heterocycles. The van der Waals surface area contributed by atoms with Crippen molar-refractivity contribution in [1.29, 1.82) is 0 Å². The molecule has 8 heteroatoms. The van der Waals surface area contributed by atoms with Crippen molar-refractivity contribution in [3.8, 4) is 11.5 Å². The number of aliphatic imine (C=N–C) groups is 1. The molecule has 2 aromatic carbocycles. The highest BCUT2D eigenvalue weighted by Crippen LogP contribution is 2.32. The number of ether oxygens (including phenoxy) is 2. The molecule has 7 nitrogen and oxygen atoms in total. The van der Waals surface area contributed by atoms with Gasteiger partial charge in [0.1, 0.15) is 0 Å². The van der Waals surface area contributed by atoms with Crippen molar-refractivity contribution >= 4 is 29.2 Å². The van der Waals surface area contributed by atoms with Crippen LogP contribution in [0.2, 0.25) is 5.02 Å². The van der Waals surface area contributed by atoms with Gasteiger partial charge >= 0.3 is 0 Å². The van der Waals surface area contributed by atoms with Crippen LogP contribution in [0.3, 0.4) is 0 Å². The summed E-state index contributed by atoms with van der Waals surface area (Å²) in [7, 11) is 0. The fraction of sp³-hybridized carbons (Fsp3) is 0.136. The number of nitrogens with zero attached hydrogens (tertiary/aromatic N) is 2. The Morgan fingerprint density at radius 2 is 1.90 bits per heavy atom. The third-order valence-electron chi connectivity index (χ3n) is 4.48. The highest BCUT2D eigenvalue weighted by Gasteiger charge is 2.17. The van der Waals surface area contributed by atoms with Gasteiger partial charge in [-0.3, -0.25) is 15.1 Å². The maximum Gasteiger partial charge on any atom is 0.258 e. The van der Waals surface area contributed by atoms with Gasteiger partial charge < -0.3 is 14.8 Å². The van der Waals surface area contributed by atoms with Crippen LogP contribution >= 0.6 is 11.6 Å². The molecule has 0 atom stereocenters. The number of anilines is 1. The van der Waals surface area contributed by atoms with Crippen LogP contribution in [0.25, 0.3) is 0 Å². The summed E-state index contributed by atoms with van der Waals surface area (Å²) in [4.78, 5) is 21.4. The molecule has 0 spiro atoms. The number of rotatable bonds is 4. The van der Waals surface area contributed by atoms with E-state index in [0.29, 0.717) is 34.6 Å². The molecule has 3 aromatic rings. The van der Waals surface area contributed by atoms with Crippen molar-refractivity contribution in [1.82, 2.24) is 10.3 Å². The van der Waals surface area contributed by atoms with Crippen LogP contribution in [0.4, 0.5) is 5.69 Å². The van der Waals surface area contributed by atoms with Crippen LogP contribution in [0.1, 0.15) is 21.5 Å². The van der Waals surface area contributed by atoms with E-state index in [1.165, 1.54) is 0 Å². The topological polar surface area (TPSA) is 84.8 Å². The Labute approximate surface area is 178 Å². The minimum atomic E-state index is -0.319. The number of aromatic nitrogens is 1. The smallest absolute Gasteiger partial charge is 0.258 e. The van der Waals surface area contributed by atoms with Crippen molar-refractivity contribution < 1.29 is 14.3 Å². The SMILES string of the molecule is Cc1cc(Cl)ccc1NC(=NCc1ccncc1)NC(=O)c1ccc2c(c1)OCO2. The van der Waals surface area contributed by atoms with Crippen molar-refractivity contribution in [2.75, 3.05) is 12.1 Å². The lowest BCUT2D eigenvalue weighted by Crippen LogP contribution is -2.36. The van der Waals surface area contributed by atoms with Gasteiger partial charge in [-0.2, -0.15) is 0 Å². The molecule has 152 valence electrons. The Balaban J connectivity index is 1.56. The molecule has 0 radical (unpaired) electrons. The van der Waals surface area contributed by atoms with Gasteiger partial charge in [0.05, 0.1) is 6.54 Å². The van der Waals surface area contributed by atoms with Crippen molar-refractivity contribution in [2.45, 2.75) is 13.5 Å². The molecule has 0 bridgehead atoms. The molecule has 30 heavy (non-hydrogen) atoms. The number of hydrogen-bond acceptors (Lipinski definition) is 5. The average Bonchev–Trinajstić information content (AvgIpc) is 3.22. The van der Waals surface area contributed by atoms with E-state index in [0.717, 1.165) is 16.8 Å². The Bertz CT molecular complexity index is 1100. The fourth-order valence-electron chi connectivity index (χ4n) is 2.88. The van der Waals surface area contributed by atoms with Crippen LogP contribution in [-0.2, 0) is 6.54 Å². The third-order valence-corrected chi connectivity index (χ3v) is 4.71. The van der Waals surface area contributed by atoms with Gasteiger partial charge in [-0.05, 0) is 66.6 Å². The van der Waals surface area contributed by atoms with Gasteiger partial charge in [0.15, 0.2) is 11.5 Å². The van der Waals surface area contributed by atoms with Gasteiger partial charge in [-0.25, -0.2) is 4.99 Å². The monoisotopic (exact) mass is 422 g/mol. The molecular formula is C22H19ClN4O3. The quantitative estimate of drug-likeness (QED) is 0.487. The molecule has 0 saturated carbocycles. The first-order valence-electron chi connectivity index (χ1n) is 9.26. The first-order valence-corrected chi connectivity index (χ1v) is 9.64. The zero-order valence-electron chi connectivity index (χ0n) is 16.2. The maximum absolute atomic E-state index is 12.8. The Morgan fingerprint density at radius 1 is 1.10 bits per heavy atom. The van der Waals surface area contributed by atoms with Gasteiger partial charge in [-0.15, -0.1) is 0 Å². The van der Waals surface area contributed by atoms with Gasteiger partial charge in [-0.1, -0.05) is 11.6 Å². The summed E-state index contributed by atoms with van der Waals surface area (Å²) in [5.74, 6) is 1.16. The lowest BCUT2D eigenvalue weighted by molar-refractivity contribution is 0.0976. The number of fused-ring (bicyclic) bond motifs is 1. The van der Waals surface area contributed by atoms with E-state index in [1.807, 2.05) is 31.2 Å². The number of hydrogen-bond donors (Lipinski definition) is 2.